The molecule has 4 nitrogen and oxygen atoms in total. The van der Waals surface area contributed by atoms with Gasteiger partial charge in [0.05, 0.1) is 11.7 Å². The van der Waals surface area contributed by atoms with E-state index < -0.39 is 12.1 Å². The van der Waals surface area contributed by atoms with E-state index in [-0.39, 0.29) is 23.3 Å². The number of carboxylic acids is 1. The summed E-state index contributed by atoms with van der Waals surface area (Å²) in [5, 5.41) is 27.4. The van der Waals surface area contributed by atoms with Crippen LogP contribution in [0.15, 0.2) is 18.2 Å². The third-order valence-electron chi connectivity index (χ3n) is 1.88. The first-order valence-electron chi connectivity index (χ1n) is 4.24. The first kappa shape index (κ1) is 10.5. The molecule has 0 bridgehead atoms. The molecule has 0 aromatic heterocycles. The second-order valence-corrected chi connectivity index (χ2v) is 3.16. The summed E-state index contributed by atoms with van der Waals surface area (Å²) in [5.41, 5.74) is 0.306. The molecule has 76 valence electrons. The Morgan fingerprint density at radius 2 is 2.14 bits per heavy atom. The zero-order valence-corrected chi connectivity index (χ0v) is 7.77. The van der Waals surface area contributed by atoms with Crippen LogP contribution < -0.4 is 0 Å². The van der Waals surface area contributed by atoms with Gasteiger partial charge in [0.25, 0.3) is 0 Å². The SMILES string of the molecule is CC(O)Cc1c(O)cccc1C(=O)O. The van der Waals surface area contributed by atoms with E-state index in [1.165, 1.54) is 25.1 Å². The number of carboxylic acid groups (broad SMARTS) is 1. The van der Waals surface area contributed by atoms with Crippen LogP contribution in [0, 0.1) is 0 Å². The molecule has 0 heterocycles. The second kappa shape index (κ2) is 4.11. The first-order chi connectivity index (χ1) is 6.52. The summed E-state index contributed by atoms with van der Waals surface area (Å²) in [6.07, 6.45) is -0.546. The lowest BCUT2D eigenvalue weighted by molar-refractivity contribution is 0.0694. The van der Waals surface area contributed by atoms with Gasteiger partial charge in [0, 0.05) is 12.0 Å². The standard InChI is InChI=1S/C10H12O4/c1-6(11)5-8-7(10(13)14)3-2-4-9(8)12/h2-4,6,11-12H,5H2,1H3,(H,13,14). The molecule has 0 fully saturated rings. The van der Waals surface area contributed by atoms with Crippen LogP contribution in [0.4, 0.5) is 0 Å². The van der Waals surface area contributed by atoms with Gasteiger partial charge in [-0.2, -0.15) is 0 Å². The maximum absolute atomic E-state index is 10.8. The number of aromatic carboxylic acids is 1. The molecule has 0 amide bonds. The number of aliphatic hydroxyl groups excluding tert-OH is 1. The number of aromatic hydroxyl groups is 1. The molecular formula is C10H12O4. The topological polar surface area (TPSA) is 77.8 Å². The summed E-state index contributed by atoms with van der Waals surface area (Å²) in [4.78, 5) is 10.8. The highest BCUT2D eigenvalue weighted by Crippen LogP contribution is 2.22. The van der Waals surface area contributed by atoms with Gasteiger partial charge in [0.15, 0.2) is 0 Å². The third kappa shape index (κ3) is 2.23. The molecule has 0 aliphatic carbocycles. The van der Waals surface area contributed by atoms with Crippen LogP contribution in [-0.2, 0) is 6.42 Å². The van der Waals surface area contributed by atoms with Gasteiger partial charge in [-0.1, -0.05) is 6.07 Å². The molecule has 14 heavy (non-hydrogen) atoms. The summed E-state index contributed by atoms with van der Waals surface area (Å²) < 4.78 is 0. The predicted octanol–water partition coefficient (Wildman–Crippen LogP) is 1.01. The van der Waals surface area contributed by atoms with Crippen LogP contribution in [0.3, 0.4) is 0 Å². The Kier molecular flexibility index (Phi) is 3.09. The fourth-order valence-corrected chi connectivity index (χ4v) is 1.28. The van der Waals surface area contributed by atoms with Gasteiger partial charge < -0.3 is 15.3 Å². The smallest absolute Gasteiger partial charge is 0.336 e. The number of carbonyl (C=O) groups is 1. The molecule has 0 aliphatic rings. The van der Waals surface area contributed by atoms with E-state index in [1.54, 1.807) is 0 Å². The van der Waals surface area contributed by atoms with E-state index in [0.29, 0.717) is 0 Å². The molecule has 1 rings (SSSR count). The minimum atomic E-state index is -1.10. The van der Waals surface area contributed by atoms with Crippen molar-refractivity contribution in [3.63, 3.8) is 0 Å². The molecule has 0 aliphatic heterocycles. The van der Waals surface area contributed by atoms with E-state index >= 15 is 0 Å². The molecule has 0 saturated heterocycles. The number of hydrogen-bond donors (Lipinski definition) is 3. The number of aliphatic hydroxyl groups is 1. The third-order valence-corrected chi connectivity index (χ3v) is 1.88. The Morgan fingerprint density at radius 1 is 1.50 bits per heavy atom. The molecule has 1 aromatic carbocycles. The van der Waals surface area contributed by atoms with Crippen LogP contribution in [0.25, 0.3) is 0 Å². The summed E-state index contributed by atoms with van der Waals surface area (Å²) in [6, 6.07) is 4.27. The normalized spacial score (nSPS) is 12.4. The van der Waals surface area contributed by atoms with Crippen molar-refractivity contribution in [3.05, 3.63) is 29.3 Å². The molecule has 0 spiro atoms. The van der Waals surface area contributed by atoms with Gasteiger partial charge in [0.2, 0.25) is 0 Å². The highest BCUT2D eigenvalue weighted by atomic mass is 16.4. The van der Waals surface area contributed by atoms with Crippen molar-refractivity contribution in [1.82, 2.24) is 0 Å². The number of rotatable bonds is 3. The van der Waals surface area contributed by atoms with Crippen molar-refractivity contribution in [3.8, 4) is 5.75 Å². The largest absolute Gasteiger partial charge is 0.508 e. The van der Waals surface area contributed by atoms with Crippen LogP contribution in [0.5, 0.6) is 5.75 Å². The number of benzene rings is 1. The van der Waals surface area contributed by atoms with Crippen LogP contribution >= 0.6 is 0 Å². The molecule has 0 saturated carbocycles. The van der Waals surface area contributed by atoms with E-state index in [4.69, 9.17) is 10.2 Å². The van der Waals surface area contributed by atoms with Gasteiger partial charge in [0.1, 0.15) is 5.75 Å². The van der Waals surface area contributed by atoms with Crippen molar-refractivity contribution in [2.45, 2.75) is 19.4 Å². The van der Waals surface area contributed by atoms with Crippen LogP contribution in [0.1, 0.15) is 22.8 Å². The van der Waals surface area contributed by atoms with Gasteiger partial charge in [-0.05, 0) is 19.1 Å². The van der Waals surface area contributed by atoms with Gasteiger partial charge in [-0.25, -0.2) is 4.79 Å². The number of hydrogen-bond acceptors (Lipinski definition) is 3. The van der Waals surface area contributed by atoms with Crippen LogP contribution in [-0.4, -0.2) is 27.4 Å². The quantitative estimate of drug-likeness (QED) is 0.674. The predicted molar refractivity (Wildman–Crippen MR) is 50.5 cm³/mol. The minimum absolute atomic E-state index is 0.0332. The number of phenolic OH excluding ortho intramolecular Hbond substituents is 1. The molecule has 1 aromatic rings. The maximum atomic E-state index is 10.8. The molecule has 3 N–H and O–H groups in total. The molecule has 4 heteroatoms. The summed E-state index contributed by atoms with van der Waals surface area (Å²) in [6.45, 7) is 1.54. The van der Waals surface area contributed by atoms with Crippen molar-refractivity contribution >= 4 is 5.97 Å². The highest BCUT2D eigenvalue weighted by molar-refractivity contribution is 5.90. The lowest BCUT2D eigenvalue weighted by Crippen LogP contribution is -2.10. The number of phenols is 1. The molecule has 0 radical (unpaired) electrons. The van der Waals surface area contributed by atoms with E-state index in [1.807, 2.05) is 0 Å². The zero-order chi connectivity index (χ0) is 10.7. The van der Waals surface area contributed by atoms with Crippen LogP contribution in [0.2, 0.25) is 0 Å². The van der Waals surface area contributed by atoms with Gasteiger partial charge in [-0.3, -0.25) is 0 Å². The fraction of sp³-hybridized carbons (Fsp3) is 0.300. The van der Waals surface area contributed by atoms with Gasteiger partial charge >= 0.3 is 5.97 Å². The van der Waals surface area contributed by atoms with Crippen molar-refractivity contribution in [2.75, 3.05) is 0 Å². The van der Waals surface area contributed by atoms with Crippen molar-refractivity contribution < 1.29 is 20.1 Å². The summed E-state index contributed by atoms with van der Waals surface area (Å²) in [5.74, 6) is -1.19. The highest BCUT2D eigenvalue weighted by Gasteiger charge is 2.14. The van der Waals surface area contributed by atoms with Crippen molar-refractivity contribution in [2.24, 2.45) is 0 Å². The summed E-state index contributed by atoms with van der Waals surface area (Å²) in [7, 11) is 0. The zero-order valence-electron chi connectivity index (χ0n) is 7.77. The van der Waals surface area contributed by atoms with E-state index in [0.717, 1.165) is 0 Å². The molecule has 1 atom stereocenters. The second-order valence-electron chi connectivity index (χ2n) is 3.16. The summed E-state index contributed by atoms with van der Waals surface area (Å²) >= 11 is 0. The minimum Gasteiger partial charge on any atom is -0.508 e. The fourth-order valence-electron chi connectivity index (χ4n) is 1.28. The maximum Gasteiger partial charge on any atom is 0.336 e. The average Bonchev–Trinajstić information content (AvgIpc) is 2.07. The lowest BCUT2D eigenvalue weighted by Gasteiger charge is -2.09. The lowest BCUT2D eigenvalue weighted by atomic mass is 10.0. The monoisotopic (exact) mass is 196 g/mol. The average molecular weight is 196 g/mol. The molecule has 1 unspecified atom stereocenters. The molecular weight excluding hydrogens is 184 g/mol. The van der Waals surface area contributed by atoms with Gasteiger partial charge in [-0.15, -0.1) is 0 Å². The Morgan fingerprint density at radius 3 is 2.64 bits per heavy atom. The Balaban J connectivity index is 3.15. The van der Waals surface area contributed by atoms with Crippen molar-refractivity contribution in [1.29, 1.82) is 0 Å². The Labute approximate surface area is 81.4 Å². The Hall–Kier alpha value is -1.55. The Bertz CT molecular complexity index is 344. The van der Waals surface area contributed by atoms with E-state index in [2.05, 4.69) is 0 Å². The van der Waals surface area contributed by atoms with E-state index in [9.17, 15) is 9.90 Å². The first-order valence-corrected chi connectivity index (χ1v) is 4.24.